The monoisotopic (exact) mass is 319 g/mol. The van der Waals surface area contributed by atoms with E-state index in [1.54, 1.807) is 25.6 Å². The second-order valence-electron chi connectivity index (χ2n) is 5.80. The van der Waals surface area contributed by atoms with Crippen LogP contribution in [0.1, 0.15) is 48.0 Å². The Kier molecular flexibility index (Phi) is 9.70. The Morgan fingerprint density at radius 3 is 2.29 bits per heavy atom. The molecule has 21 heavy (non-hydrogen) atoms. The van der Waals surface area contributed by atoms with Crippen LogP contribution in [0.5, 0.6) is 0 Å². The molecule has 0 fully saturated rings. The van der Waals surface area contributed by atoms with Gasteiger partial charge in [0.25, 0.3) is 0 Å². The van der Waals surface area contributed by atoms with Crippen LogP contribution in [-0.4, -0.2) is 47.7 Å². The second-order valence-corrected chi connectivity index (χ2v) is 6.95. The molecular formula is C15H29NO4S. The fourth-order valence-electron chi connectivity index (χ4n) is 1.53. The molecule has 0 bridgehead atoms. The van der Waals surface area contributed by atoms with Crippen LogP contribution >= 0.6 is 11.8 Å². The second kappa shape index (κ2) is 10.1. The molecule has 0 aromatic heterocycles. The van der Waals surface area contributed by atoms with Crippen LogP contribution in [0.25, 0.3) is 0 Å². The van der Waals surface area contributed by atoms with Gasteiger partial charge in [0.05, 0.1) is 6.61 Å². The van der Waals surface area contributed by atoms with Gasteiger partial charge in [0.15, 0.2) is 0 Å². The first kappa shape index (κ1) is 20.2. The van der Waals surface area contributed by atoms with E-state index in [0.29, 0.717) is 12.4 Å². The third kappa shape index (κ3) is 9.74. The van der Waals surface area contributed by atoms with Crippen molar-refractivity contribution in [1.29, 1.82) is 0 Å². The van der Waals surface area contributed by atoms with Gasteiger partial charge in [0.2, 0.25) is 0 Å². The van der Waals surface area contributed by atoms with Crippen LogP contribution < -0.4 is 5.32 Å². The van der Waals surface area contributed by atoms with Gasteiger partial charge in [-0.05, 0) is 46.8 Å². The van der Waals surface area contributed by atoms with Gasteiger partial charge >= 0.3 is 11.9 Å². The summed E-state index contributed by atoms with van der Waals surface area (Å²) in [6.07, 6.45) is 1.04. The maximum absolute atomic E-state index is 12.0. The first-order chi connectivity index (χ1) is 9.71. The predicted molar refractivity (Wildman–Crippen MR) is 86.5 cm³/mol. The Labute approximate surface area is 132 Å². The van der Waals surface area contributed by atoms with Gasteiger partial charge < -0.3 is 9.47 Å². The molecular weight excluding hydrogens is 290 g/mol. The summed E-state index contributed by atoms with van der Waals surface area (Å²) in [5.41, 5.74) is -0.538. The Morgan fingerprint density at radius 1 is 1.19 bits per heavy atom. The summed E-state index contributed by atoms with van der Waals surface area (Å²) in [5, 5.41) is 3.01. The Bertz CT molecular complexity index is 328. The largest absolute Gasteiger partial charge is 0.465 e. The maximum Gasteiger partial charge on any atom is 0.324 e. The quantitative estimate of drug-likeness (QED) is 0.520. The molecule has 0 aliphatic rings. The fraction of sp³-hybridized carbons (Fsp3) is 0.867. The van der Waals surface area contributed by atoms with Crippen LogP contribution in [0.15, 0.2) is 0 Å². The van der Waals surface area contributed by atoms with Crippen LogP contribution in [0.4, 0.5) is 0 Å². The molecule has 0 rings (SSSR count). The summed E-state index contributed by atoms with van der Waals surface area (Å²) < 4.78 is 10.4. The molecule has 0 aliphatic heterocycles. The van der Waals surface area contributed by atoms with E-state index >= 15 is 0 Å². The number of carbonyl (C=O) groups is 2. The van der Waals surface area contributed by atoms with Crippen molar-refractivity contribution in [2.45, 2.75) is 65.6 Å². The molecule has 0 aromatic rings. The molecule has 124 valence electrons. The number of esters is 2. The van der Waals surface area contributed by atoms with Crippen molar-refractivity contribution >= 4 is 23.7 Å². The van der Waals surface area contributed by atoms with Gasteiger partial charge in [-0.3, -0.25) is 14.9 Å². The number of thioether (sulfide) groups is 1. The SMILES string of the molecule is CCCSC[C@H](NC(C)C(=O)OC(C)(C)C)C(=O)OCC. The van der Waals surface area contributed by atoms with Crippen molar-refractivity contribution < 1.29 is 19.1 Å². The molecule has 6 heteroatoms. The zero-order valence-corrected chi connectivity index (χ0v) is 14.8. The minimum Gasteiger partial charge on any atom is -0.465 e. The van der Waals surface area contributed by atoms with Crippen molar-refractivity contribution in [3.63, 3.8) is 0 Å². The zero-order valence-electron chi connectivity index (χ0n) is 14.0. The first-order valence-corrected chi connectivity index (χ1v) is 8.60. The van der Waals surface area contributed by atoms with Crippen molar-refractivity contribution in [3.05, 3.63) is 0 Å². The van der Waals surface area contributed by atoms with E-state index in [4.69, 9.17) is 9.47 Å². The smallest absolute Gasteiger partial charge is 0.324 e. The van der Waals surface area contributed by atoms with Crippen LogP contribution in [0.3, 0.4) is 0 Å². The lowest BCUT2D eigenvalue weighted by atomic mass is 10.2. The average Bonchev–Trinajstić information content (AvgIpc) is 2.35. The van der Waals surface area contributed by atoms with Crippen molar-refractivity contribution in [3.8, 4) is 0 Å². The zero-order chi connectivity index (χ0) is 16.5. The number of hydrogen-bond donors (Lipinski definition) is 1. The third-order valence-electron chi connectivity index (χ3n) is 2.42. The predicted octanol–water partition coefficient (Wildman–Crippen LogP) is 2.38. The number of nitrogens with one attached hydrogen (secondary N) is 1. The average molecular weight is 319 g/mol. The molecule has 0 aromatic carbocycles. The molecule has 2 atom stereocenters. The third-order valence-corrected chi connectivity index (χ3v) is 3.68. The molecule has 0 amide bonds. The van der Waals surface area contributed by atoms with Crippen LogP contribution in [0, 0.1) is 0 Å². The van der Waals surface area contributed by atoms with Crippen LogP contribution in [0.2, 0.25) is 0 Å². The van der Waals surface area contributed by atoms with E-state index in [0.717, 1.165) is 12.2 Å². The molecule has 1 unspecified atom stereocenters. The summed E-state index contributed by atoms with van der Waals surface area (Å²) in [6.45, 7) is 11.3. The molecule has 0 spiro atoms. The maximum atomic E-state index is 12.0. The number of carbonyl (C=O) groups excluding carboxylic acids is 2. The lowest BCUT2D eigenvalue weighted by molar-refractivity contribution is -0.157. The van der Waals surface area contributed by atoms with Crippen molar-refractivity contribution in [2.75, 3.05) is 18.1 Å². The number of hydrogen-bond acceptors (Lipinski definition) is 6. The lowest BCUT2D eigenvalue weighted by Gasteiger charge is -2.25. The minimum absolute atomic E-state index is 0.323. The highest BCUT2D eigenvalue weighted by Crippen LogP contribution is 2.10. The Morgan fingerprint density at radius 2 is 1.81 bits per heavy atom. The topological polar surface area (TPSA) is 64.6 Å². The van der Waals surface area contributed by atoms with Gasteiger partial charge in [0, 0.05) is 5.75 Å². The molecule has 1 N–H and O–H groups in total. The van der Waals surface area contributed by atoms with E-state index in [1.807, 2.05) is 20.8 Å². The van der Waals surface area contributed by atoms with Crippen LogP contribution in [-0.2, 0) is 19.1 Å². The van der Waals surface area contributed by atoms with E-state index < -0.39 is 17.7 Å². The standard InChI is InChI=1S/C15H29NO4S/c1-7-9-21-10-12(14(18)19-8-2)16-11(3)13(17)20-15(4,5)6/h11-12,16H,7-10H2,1-6H3/t11?,12-/m0/s1. The van der Waals surface area contributed by atoms with E-state index in [-0.39, 0.29) is 11.9 Å². The molecule has 0 aliphatic carbocycles. The van der Waals surface area contributed by atoms with Gasteiger partial charge in [0.1, 0.15) is 17.7 Å². The minimum atomic E-state index is -0.555. The molecule has 5 nitrogen and oxygen atoms in total. The lowest BCUT2D eigenvalue weighted by Crippen LogP contribution is -2.49. The van der Waals surface area contributed by atoms with E-state index in [9.17, 15) is 9.59 Å². The summed E-state index contributed by atoms with van der Waals surface area (Å²) in [5.74, 6) is 0.867. The highest BCUT2D eigenvalue weighted by molar-refractivity contribution is 7.99. The van der Waals surface area contributed by atoms with Gasteiger partial charge in [-0.15, -0.1) is 0 Å². The summed E-state index contributed by atoms with van der Waals surface area (Å²) >= 11 is 1.67. The first-order valence-electron chi connectivity index (χ1n) is 7.44. The fourth-order valence-corrected chi connectivity index (χ4v) is 2.46. The van der Waals surface area contributed by atoms with E-state index in [2.05, 4.69) is 12.2 Å². The molecule has 0 saturated carbocycles. The Balaban J connectivity index is 4.55. The molecule has 0 heterocycles. The van der Waals surface area contributed by atoms with Gasteiger partial charge in [-0.25, -0.2) is 0 Å². The Hall–Kier alpha value is -0.750. The highest BCUT2D eigenvalue weighted by atomic mass is 32.2. The van der Waals surface area contributed by atoms with E-state index in [1.165, 1.54) is 0 Å². The summed E-state index contributed by atoms with van der Waals surface area (Å²) in [6, 6.07) is -1.05. The highest BCUT2D eigenvalue weighted by Gasteiger charge is 2.27. The van der Waals surface area contributed by atoms with Gasteiger partial charge in [-0.1, -0.05) is 6.92 Å². The normalized spacial score (nSPS) is 14.4. The molecule has 0 radical (unpaired) electrons. The van der Waals surface area contributed by atoms with Crippen molar-refractivity contribution in [2.24, 2.45) is 0 Å². The number of ether oxygens (including phenoxy) is 2. The summed E-state index contributed by atoms with van der Waals surface area (Å²) in [7, 11) is 0. The van der Waals surface area contributed by atoms with Crippen molar-refractivity contribution in [1.82, 2.24) is 5.32 Å². The summed E-state index contributed by atoms with van der Waals surface area (Å²) in [4.78, 5) is 23.9. The number of rotatable bonds is 9. The van der Waals surface area contributed by atoms with Gasteiger partial charge in [-0.2, -0.15) is 11.8 Å². The molecule has 0 saturated heterocycles.